The summed E-state index contributed by atoms with van der Waals surface area (Å²) >= 11 is 0. The molecule has 32 heavy (non-hydrogen) atoms. The highest BCUT2D eigenvalue weighted by Gasteiger charge is 2.59. The second kappa shape index (κ2) is 9.34. The number of nitrogens with one attached hydrogen (secondary N) is 1. The molecule has 0 aromatic rings. The van der Waals surface area contributed by atoms with Gasteiger partial charge in [-0.3, -0.25) is 0 Å². The molecule has 8 atom stereocenters. The fraction of sp³-hybridized carbons (Fsp3) is 0.897. The van der Waals surface area contributed by atoms with Gasteiger partial charge in [-0.2, -0.15) is 0 Å². The smallest absolute Gasteiger partial charge is 0.407 e. The number of ether oxygens (including phenoxy) is 1. The summed E-state index contributed by atoms with van der Waals surface area (Å²) in [6, 6.07) is 0. The number of rotatable bonds is 6. The van der Waals surface area contributed by atoms with E-state index < -0.39 is 0 Å². The van der Waals surface area contributed by atoms with Crippen molar-refractivity contribution < 1.29 is 9.53 Å². The Morgan fingerprint density at radius 1 is 1.09 bits per heavy atom. The molecule has 0 aromatic carbocycles. The van der Waals surface area contributed by atoms with Crippen LogP contribution in [0, 0.1) is 46.3 Å². The third-order valence-corrected chi connectivity index (χ3v) is 10.7. The van der Waals surface area contributed by atoms with E-state index in [1.807, 2.05) is 0 Å². The molecule has 3 fully saturated rings. The average molecular weight is 444 g/mol. The number of hydrogen-bond donors (Lipinski definition) is 1. The lowest BCUT2D eigenvalue weighted by molar-refractivity contribution is -0.0580. The summed E-state index contributed by atoms with van der Waals surface area (Å²) in [6.45, 7) is 12.5. The van der Waals surface area contributed by atoms with E-state index in [9.17, 15) is 4.79 Å². The van der Waals surface area contributed by atoms with Crippen LogP contribution in [0.3, 0.4) is 0 Å². The summed E-state index contributed by atoms with van der Waals surface area (Å²) in [6.07, 6.45) is 16.7. The quantitative estimate of drug-likeness (QED) is 0.426. The van der Waals surface area contributed by atoms with Gasteiger partial charge in [0, 0.05) is 13.5 Å². The third-order valence-electron chi connectivity index (χ3n) is 10.7. The fourth-order valence-corrected chi connectivity index (χ4v) is 8.96. The first kappa shape index (κ1) is 24.1. The van der Waals surface area contributed by atoms with Crippen molar-refractivity contribution in [3.8, 4) is 0 Å². The van der Waals surface area contributed by atoms with Gasteiger partial charge in [0.2, 0.25) is 0 Å². The van der Waals surface area contributed by atoms with Crippen molar-refractivity contribution in [3.63, 3.8) is 0 Å². The van der Waals surface area contributed by atoms with Crippen LogP contribution in [0.2, 0.25) is 0 Å². The molecular weight excluding hydrogens is 394 g/mol. The van der Waals surface area contributed by atoms with E-state index >= 15 is 0 Å². The Kier molecular flexibility index (Phi) is 7.04. The van der Waals surface area contributed by atoms with Crippen LogP contribution in [0.15, 0.2) is 11.6 Å². The molecule has 0 bridgehead atoms. The molecule has 1 amide bonds. The Labute approximate surface area is 197 Å². The van der Waals surface area contributed by atoms with E-state index in [-0.39, 0.29) is 12.2 Å². The Balaban J connectivity index is 1.45. The zero-order valence-electron chi connectivity index (χ0n) is 21.7. The van der Waals surface area contributed by atoms with Crippen molar-refractivity contribution in [1.29, 1.82) is 0 Å². The molecule has 4 aliphatic carbocycles. The van der Waals surface area contributed by atoms with Gasteiger partial charge in [-0.1, -0.05) is 65.5 Å². The van der Waals surface area contributed by atoms with E-state index in [4.69, 9.17) is 4.74 Å². The Hall–Kier alpha value is -0.990. The van der Waals surface area contributed by atoms with Crippen LogP contribution in [0.25, 0.3) is 0 Å². The largest absolute Gasteiger partial charge is 0.446 e. The van der Waals surface area contributed by atoms with Crippen molar-refractivity contribution in [2.45, 2.75) is 111 Å². The van der Waals surface area contributed by atoms with Crippen LogP contribution in [-0.2, 0) is 4.74 Å². The first-order chi connectivity index (χ1) is 15.2. The standard InChI is InChI=1S/C29H49NO2/c1-19(2)8-7-9-20(3)24-12-13-25-23-11-10-21-18-22(32-27(31)30-6)14-16-28(21,4)26(23)15-17-29(24,25)5/h10,19-20,22-26H,7-9,11-18H2,1-6H3,(H,30,31)/t20-,22-,23?,24?,25?,26?,28-,29+/m0/s1. The normalized spacial score (nSPS) is 41.8. The highest BCUT2D eigenvalue weighted by molar-refractivity contribution is 5.66. The molecule has 4 unspecified atom stereocenters. The molecule has 4 aliphatic rings. The Morgan fingerprint density at radius 2 is 1.88 bits per heavy atom. The lowest BCUT2D eigenvalue weighted by Crippen LogP contribution is -2.51. The van der Waals surface area contributed by atoms with Gasteiger partial charge >= 0.3 is 6.09 Å². The van der Waals surface area contributed by atoms with Crippen molar-refractivity contribution in [2.24, 2.45) is 46.3 Å². The summed E-state index contributed by atoms with van der Waals surface area (Å²) in [5.41, 5.74) is 2.48. The second-order valence-electron chi connectivity index (χ2n) is 12.8. The molecule has 0 radical (unpaired) electrons. The van der Waals surface area contributed by atoms with Crippen LogP contribution in [0.4, 0.5) is 4.79 Å². The van der Waals surface area contributed by atoms with Crippen LogP contribution >= 0.6 is 0 Å². The minimum Gasteiger partial charge on any atom is -0.446 e. The molecule has 0 aliphatic heterocycles. The minimum absolute atomic E-state index is 0.0576. The van der Waals surface area contributed by atoms with E-state index in [1.54, 1.807) is 12.6 Å². The topological polar surface area (TPSA) is 38.3 Å². The lowest BCUT2D eigenvalue weighted by Gasteiger charge is -2.58. The molecule has 182 valence electrons. The average Bonchev–Trinajstić information content (AvgIpc) is 3.11. The number of alkyl carbamates (subject to hydrolysis) is 1. The second-order valence-corrected chi connectivity index (χ2v) is 12.8. The van der Waals surface area contributed by atoms with Gasteiger partial charge in [-0.05, 0) is 91.3 Å². The maximum atomic E-state index is 11.7. The first-order valence-corrected chi connectivity index (χ1v) is 13.8. The molecule has 1 N–H and O–H groups in total. The summed E-state index contributed by atoms with van der Waals surface area (Å²) in [7, 11) is 1.65. The zero-order chi connectivity index (χ0) is 23.1. The molecule has 0 spiro atoms. The van der Waals surface area contributed by atoms with Gasteiger partial charge in [-0.25, -0.2) is 4.79 Å². The van der Waals surface area contributed by atoms with E-state index in [2.05, 4.69) is 46.0 Å². The number of carbonyl (C=O) groups excluding carboxylic acids is 1. The molecule has 3 saturated carbocycles. The van der Waals surface area contributed by atoms with Crippen LogP contribution < -0.4 is 5.32 Å². The van der Waals surface area contributed by atoms with E-state index in [0.717, 1.165) is 48.3 Å². The third kappa shape index (κ3) is 4.27. The number of hydrogen-bond acceptors (Lipinski definition) is 2. The van der Waals surface area contributed by atoms with Crippen molar-refractivity contribution in [1.82, 2.24) is 5.32 Å². The van der Waals surface area contributed by atoms with Gasteiger partial charge in [0.15, 0.2) is 0 Å². The number of fused-ring (bicyclic) bond motifs is 5. The van der Waals surface area contributed by atoms with E-state index in [1.165, 1.54) is 57.8 Å². The van der Waals surface area contributed by atoms with Crippen molar-refractivity contribution in [3.05, 3.63) is 11.6 Å². The van der Waals surface area contributed by atoms with E-state index in [0.29, 0.717) is 10.8 Å². The van der Waals surface area contributed by atoms with Crippen LogP contribution in [-0.4, -0.2) is 19.2 Å². The maximum Gasteiger partial charge on any atom is 0.407 e. The SMILES string of the molecule is CNC(=O)O[C@H]1CC[C@@]2(C)C(=CCC3C4CCC([C@@H](C)CCCC(C)C)[C@@]4(C)CCC32)C1. The fourth-order valence-electron chi connectivity index (χ4n) is 8.96. The Morgan fingerprint density at radius 3 is 2.59 bits per heavy atom. The van der Waals surface area contributed by atoms with Gasteiger partial charge in [0.1, 0.15) is 6.10 Å². The highest BCUT2D eigenvalue weighted by atomic mass is 16.6. The summed E-state index contributed by atoms with van der Waals surface area (Å²) < 4.78 is 5.65. The van der Waals surface area contributed by atoms with Crippen molar-refractivity contribution >= 4 is 6.09 Å². The minimum atomic E-state index is -0.277. The van der Waals surface area contributed by atoms with Crippen molar-refractivity contribution in [2.75, 3.05) is 7.05 Å². The number of allylic oxidation sites excluding steroid dienone is 1. The molecule has 0 saturated heterocycles. The number of amides is 1. The molecule has 0 heterocycles. The number of carbonyl (C=O) groups is 1. The maximum absolute atomic E-state index is 11.7. The zero-order valence-corrected chi connectivity index (χ0v) is 21.7. The lowest BCUT2D eigenvalue weighted by atomic mass is 9.47. The monoisotopic (exact) mass is 443 g/mol. The van der Waals surface area contributed by atoms with Gasteiger partial charge < -0.3 is 10.1 Å². The molecule has 3 heteroatoms. The molecule has 3 nitrogen and oxygen atoms in total. The van der Waals surface area contributed by atoms with Crippen LogP contribution in [0.5, 0.6) is 0 Å². The predicted molar refractivity (Wildman–Crippen MR) is 132 cm³/mol. The molecular formula is C29H49NO2. The Bertz CT molecular complexity index is 714. The highest BCUT2D eigenvalue weighted by Crippen LogP contribution is 2.67. The van der Waals surface area contributed by atoms with Gasteiger partial charge in [-0.15, -0.1) is 0 Å². The molecule has 4 rings (SSSR count). The van der Waals surface area contributed by atoms with Gasteiger partial charge in [0.25, 0.3) is 0 Å². The van der Waals surface area contributed by atoms with Gasteiger partial charge in [0.05, 0.1) is 0 Å². The first-order valence-electron chi connectivity index (χ1n) is 13.8. The summed E-state index contributed by atoms with van der Waals surface area (Å²) in [5, 5.41) is 2.62. The summed E-state index contributed by atoms with van der Waals surface area (Å²) in [4.78, 5) is 11.7. The summed E-state index contributed by atoms with van der Waals surface area (Å²) in [5.74, 6) is 5.25. The molecule has 0 aromatic heterocycles. The van der Waals surface area contributed by atoms with Crippen LogP contribution in [0.1, 0.15) is 105 Å². The predicted octanol–water partition coefficient (Wildman–Crippen LogP) is 7.75.